The highest BCUT2D eigenvalue weighted by molar-refractivity contribution is 7.92. The van der Waals surface area contributed by atoms with Gasteiger partial charge in [-0.05, 0) is 81.3 Å². The Kier molecular flexibility index (Phi) is 10.5. The molecule has 3 rings (SSSR count). The minimum atomic E-state index is -4.16. The second-order valence-electron chi connectivity index (χ2n) is 10.2. The van der Waals surface area contributed by atoms with Crippen molar-refractivity contribution in [1.82, 2.24) is 10.2 Å². The van der Waals surface area contributed by atoms with Crippen molar-refractivity contribution in [1.29, 1.82) is 0 Å². The number of hydrogen-bond acceptors (Lipinski definition) is 4. The molecule has 0 heterocycles. The van der Waals surface area contributed by atoms with Gasteiger partial charge in [0.1, 0.15) is 12.6 Å². The van der Waals surface area contributed by atoms with E-state index in [-0.39, 0.29) is 23.0 Å². The molecule has 2 amide bonds. The molecule has 0 spiro atoms. The van der Waals surface area contributed by atoms with E-state index in [0.717, 1.165) is 4.31 Å². The van der Waals surface area contributed by atoms with Gasteiger partial charge in [0.2, 0.25) is 11.8 Å². The van der Waals surface area contributed by atoms with Crippen LogP contribution >= 0.6 is 34.8 Å². The van der Waals surface area contributed by atoms with Gasteiger partial charge in [0.15, 0.2) is 0 Å². The van der Waals surface area contributed by atoms with E-state index in [1.165, 1.54) is 29.2 Å². The van der Waals surface area contributed by atoms with Crippen LogP contribution in [0.3, 0.4) is 0 Å². The van der Waals surface area contributed by atoms with Gasteiger partial charge in [-0.25, -0.2) is 8.42 Å². The molecule has 40 heavy (non-hydrogen) atoms. The van der Waals surface area contributed by atoms with Crippen molar-refractivity contribution in [2.45, 2.75) is 57.1 Å². The van der Waals surface area contributed by atoms with Crippen LogP contribution in [-0.2, 0) is 26.2 Å². The highest BCUT2D eigenvalue weighted by atomic mass is 35.5. The van der Waals surface area contributed by atoms with Crippen molar-refractivity contribution < 1.29 is 18.0 Å². The van der Waals surface area contributed by atoms with Crippen LogP contribution in [-0.4, -0.2) is 43.3 Å². The molecule has 0 aromatic heterocycles. The first-order chi connectivity index (χ1) is 18.7. The van der Waals surface area contributed by atoms with Crippen molar-refractivity contribution in [3.05, 3.63) is 93.4 Å². The van der Waals surface area contributed by atoms with Crippen LogP contribution in [0.15, 0.2) is 77.7 Å². The Balaban J connectivity index is 2.07. The van der Waals surface area contributed by atoms with E-state index in [0.29, 0.717) is 27.1 Å². The second kappa shape index (κ2) is 13.3. The van der Waals surface area contributed by atoms with E-state index in [1.807, 2.05) is 20.8 Å². The van der Waals surface area contributed by atoms with E-state index in [9.17, 15) is 18.0 Å². The zero-order chi connectivity index (χ0) is 29.7. The molecule has 0 aliphatic heterocycles. The molecular formula is C29H32Cl3N3O4S. The monoisotopic (exact) mass is 623 g/mol. The summed E-state index contributed by atoms with van der Waals surface area (Å²) in [6.45, 7) is 6.77. The molecular weight excluding hydrogens is 593 g/mol. The molecule has 0 fully saturated rings. The van der Waals surface area contributed by atoms with Gasteiger partial charge in [0.25, 0.3) is 10.0 Å². The van der Waals surface area contributed by atoms with Gasteiger partial charge in [0.05, 0.1) is 20.6 Å². The maximum Gasteiger partial charge on any atom is 0.264 e. The van der Waals surface area contributed by atoms with Crippen molar-refractivity contribution in [3.63, 3.8) is 0 Å². The Morgan fingerprint density at radius 1 is 0.900 bits per heavy atom. The standard InChI is InChI=1S/C29H32Cl3N3O4S/c1-5-26(28(37)33-29(2,3)4)34(18-20-11-16-24(31)25(32)17-20)27(36)19-35(22-14-12-21(30)13-15-22)40(38,39)23-9-7-6-8-10-23/h6-17,26H,5,18-19H2,1-4H3,(H,33,37)/t26-/m0/s1. The number of hydrogen-bond donors (Lipinski definition) is 1. The number of halogens is 3. The van der Waals surface area contributed by atoms with Crippen LogP contribution in [0.4, 0.5) is 5.69 Å². The molecule has 3 aromatic carbocycles. The molecule has 1 N–H and O–H groups in total. The Morgan fingerprint density at radius 2 is 1.52 bits per heavy atom. The van der Waals surface area contributed by atoms with E-state index in [4.69, 9.17) is 34.8 Å². The summed E-state index contributed by atoms with van der Waals surface area (Å²) in [5, 5.41) is 4.00. The molecule has 0 saturated carbocycles. The Labute approximate surface area is 251 Å². The molecule has 0 radical (unpaired) electrons. The van der Waals surface area contributed by atoms with Crippen molar-refractivity contribution in [2.75, 3.05) is 10.8 Å². The number of sulfonamides is 1. The Hall–Kier alpha value is -2.78. The van der Waals surface area contributed by atoms with Crippen molar-refractivity contribution in [3.8, 4) is 0 Å². The molecule has 1 atom stereocenters. The predicted molar refractivity (Wildman–Crippen MR) is 161 cm³/mol. The first-order valence-electron chi connectivity index (χ1n) is 12.6. The fourth-order valence-electron chi connectivity index (χ4n) is 4.06. The highest BCUT2D eigenvalue weighted by Crippen LogP contribution is 2.27. The maximum absolute atomic E-state index is 14.1. The summed E-state index contributed by atoms with van der Waals surface area (Å²) < 4.78 is 28.6. The van der Waals surface area contributed by atoms with Crippen LogP contribution < -0.4 is 9.62 Å². The van der Waals surface area contributed by atoms with E-state index >= 15 is 0 Å². The predicted octanol–water partition coefficient (Wildman–Crippen LogP) is 6.56. The largest absolute Gasteiger partial charge is 0.350 e. The number of rotatable bonds is 10. The van der Waals surface area contributed by atoms with E-state index in [2.05, 4.69) is 5.32 Å². The number of nitrogens with one attached hydrogen (secondary N) is 1. The number of carbonyl (C=O) groups excluding carboxylic acids is 2. The molecule has 3 aromatic rings. The highest BCUT2D eigenvalue weighted by Gasteiger charge is 2.34. The lowest BCUT2D eigenvalue weighted by Crippen LogP contribution is -2.55. The first-order valence-corrected chi connectivity index (χ1v) is 15.2. The quantitative estimate of drug-likeness (QED) is 0.277. The second-order valence-corrected chi connectivity index (χ2v) is 13.3. The summed E-state index contributed by atoms with van der Waals surface area (Å²) in [5.74, 6) is -0.927. The van der Waals surface area contributed by atoms with Crippen LogP contribution in [0.1, 0.15) is 39.7 Å². The number of carbonyl (C=O) groups is 2. The number of anilines is 1. The first kappa shape index (κ1) is 31.7. The lowest BCUT2D eigenvalue weighted by Gasteiger charge is -2.34. The number of amides is 2. The SMILES string of the molecule is CC[C@@H](C(=O)NC(C)(C)C)N(Cc1ccc(Cl)c(Cl)c1)C(=O)CN(c1ccc(Cl)cc1)S(=O)(=O)c1ccccc1. The summed E-state index contributed by atoms with van der Waals surface area (Å²) >= 11 is 18.4. The maximum atomic E-state index is 14.1. The molecule has 0 aliphatic rings. The summed E-state index contributed by atoms with van der Waals surface area (Å²) in [5.41, 5.74) is 0.339. The average Bonchev–Trinajstić information content (AvgIpc) is 2.89. The van der Waals surface area contributed by atoms with Crippen LogP contribution in [0.25, 0.3) is 0 Å². The molecule has 0 saturated heterocycles. The normalized spacial score (nSPS) is 12.5. The zero-order valence-electron chi connectivity index (χ0n) is 22.7. The van der Waals surface area contributed by atoms with E-state index < -0.39 is 34.1 Å². The van der Waals surface area contributed by atoms with Gasteiger partial charge in [-0.2, -0.15) is 0 Å². The lowest BCUT2D eigenvalue weighted by atomic mass is 10.1. The third kappa shape index (κ3) is 8.13. The molecule has 0 unspecified atom stereocenters. The molecule has 7 nitrogen and oxygen atoms in total. The molecule has 0 bridgehead atoms. The van der Waals surface area contributed by atoms with Gasteiger partial charge in [-0.1, -0.05) is 66.0 Å². The summed E-state index contributed by atoms with van der Waals surface area (Å²) in [6.07, 6.45) is 0.293. The fraction of sp³-hybridized carbons (Fsp3) is 0.310. The lowest BCUT2D eigenvalue weighted by molar-refractivity contribution is -0.141. The van der Waals surface area contributed by atoms with Crippen LogP contribution in [0.5, 0.6) is 0 Å². The Morgan fingerprint density at radius 3 is 2.08 bits per heavy atom. The zero-order valence-corrected chi connectivity index (χ0v) is 25.8. The third-order valence-corrected chi connectivity index (χ3v) is 8.72. The summed E-state index contributed by atoms with van der Waals surface area (Å²) in [7, 11) is -4.16. The van der Waals surface area contributed by atoms with Gasteiger partial charge in [0, 0.05) is 17.1 Å². The summed E-state index contributed by atoms with van der Waals surface area (Å²) in [6, 6.07) is 18.1. The topological polar surface area (TPSA) is 86.8 Å². The van der Waals surface area contributed by atoms with Crippen molar-refractivity contribution in [2.24, 2.45) is 0 Å². The fourth-order valence-corrected chi connectivity index (χ4v) is 5.94. The van der Waals surface area contributed by atoms with Crippen LogP contribution in [0.2, 0.25) is 15.1 Å². The smallest absolute Gasteiger partial charge is 0.264 e. The van der Waals surface area contributed by atoms with Gasteiger partial charge >= 0.3 is 0 Å². The van der Waals surface area contributed by atoms with Gasteiger partial charge in [-0.3, -0.25) is 13.9 Å². The molecule has 11 heteroatoms. The summed E-state index contributed by atoms with van der Waals surface area (Å²) in [4.78, 5) is 28.8. The third-order valence-electron chi connectivity index (χ3n) is 5.95. The number of benzene rings is 3. The molecule has 0 aliphatic carbocycles. The van der Waals surface area contributed by atoms with Gasteiger partial charge in [-0.15, -0.1) is 0 Å². The van der Waals surface area contributed by atoms with E-state index in [1.54, 1.807) is 55.5 Å². The average molecular weight is 625 g/mol. The van der Waals surface area contributed by atoms with Crippen LogP contribution in [0, 0.1) is 0 Å². The minimum Gasteiger partial charge on any atom is -0.350 e. The molecule has 214 valence electrons. The number of nitrogens with zero attached hydrogens (tertiary/aromatic N) is 2. The minimum absolute atomic E-state index is 0.00559. The Bertz CT molecular complexity index is 1440. The van der Waals surface area contributed by atoms with Crippen molar-refractivity contribution >= 4 is 62.3 Å². The van der Waals surface area contributed by atoms with Gasteiger partial charge < -0.3 is 10.2 Å².